The van der Waals surface area contributed by atoms with Crippen LogP contribution in [0.25, 0.3) is 10.4 Å². The maximum absolute atomic E-state index is 5.64. The van der Waals surface area contributed by atoms with Gasteiger partial charge in [-0.15, -0.1) is 0 Å². The second-order valence-corrected chi connectivity index (χ2v) is 4.92. The zero-order valence-electron chi connectivity index (χ0n) is 10.8. The number of rotatable bonds is 6. The molecule has 0 saturated carbocycles. The molecule has 0 aliphatic heterocycles. The zero-order chi connectivity index (χ0) is 12.8. The molecule has 1 aromatic carbocycles. The molecule has 0 saturated heterocycles. The van der Waals surface area contributed by atoms with Crippen LogP contribution in [0.4, 0.5) is 5.13 Å². The van der Waals surface area contributed by atoms with Crippen LogP contribution in [-0.4, -0.2) is 18.1 Å². The van der Waals surface area contributed by atoms with Gasteiger partial charge < -0.3 is 10.1 Å². The summed E-state index contributed by atoms with van der Waals surface area (Å²) < 4.78 is 5.64. The van der Waals surface area contributed by atoms with E-state index in [1.165, 1.54) is 0 Å². The van der Waals surface area contributed by atoms with E-state index in [0.29, 0.717) is 6.61 Å². The molecule has 0 amide bonds. The van der Waals surface area contributed by atoms with E-state index in [1.807, 2.05) is 31.3 Å². The van der Waals surface area contributed by atoms with Gasteiger partial charge in [-0.3, -0.25) is 0 Å². The van der Waals surface area contributed by atoms with Gasteiger partial charge in [0.15, 0.2) is 5.13 Å². The van der Waals surface area contributed by atoms with Crippen molar-refractivity contribution < 1.29 is 4.74 Å². The van der Waals surface area contributed by atoms with Crippen LogP contribution >= 0.6 is 11.3 Å². The lowest BCUT2D eigenvalue weighted by Crippen LogP contribution is -1.97. The average molecular weight is 262 g/mol. The Morgan fingerprint density at radius 2 is 2.11 bits per heavy atom. The van der Waals surface area contributed by atoms with Crippen molar-refractivity contribution in [3.05, 3.63) is 30.5 Å². The van der Waals surface area contributed by atoms with Gasteiger partial charge in [-0.25, -0.2) is 4.98 Å². The molecule has 0 aliphatic carbocycles. The van der Waals surface area contributed by atoms with E-state index in [9.17, 15) is 0 Å². The predicted octanol–water partition coefficient (Wildman–Crippen LogP) is 4.03. The summed E-state index contributed by atoms with van der Waals surface area (Å²) in [4.78, 5) is 5.52. The van der Waals surface area contributed by atoms with Gasteiger partial charge in [-0.05, 0) is 25.5 Å². The summed E-state index contributed by atoms with van der Waals surface area (Å²) >= 11 is 1.66. The first-order chi connectivity index (χ1) is 8.85. The molecule has 96 valence electrons. The molecule has 1 N–H and O–H groups in total. The Morgan fingerprint density at radius 1 is 1.28 bits per heavy atom. The summed E-state index contributed by atoms with van der Waals surface area (Å²) in [5.41, 5.74) is 1.11. The quantitative estimate of drug-likeness (QED) is 0.853. The summed E-state index contributed by atoms with van der Waals surface area (Å²) in [7, 11) is 0. The third-order valence-electron chi connectivity index (χ3n) is 2.48. The van der Waals surface area contributed by atoms with Gasteiger partial charge in [0.2, 0.25) is 0 Å². The number of nitrogens with one attached hydrogen (secondary N) is 1. The van der Waals surface area contributed by atoms with E-state index in [4.69, 9.17) is 4.74 Å². The lowest BCUT2D eigenvalue weighted by atomic mass is 10.2. The number of para-hydroxylation sites is 1. The van der Waals surface area contributed by atoms with Crippen molar-refractivity contribution in [2.24, 2.45) is 0 Å². The number of hydrogen-bond donors (Lipinski definition) is 1. The van der Waals surface area contributed by atoms with Gasteiger partial charge in [0.05, 0.1) is 11.5 Å². The molecule has 0 bridgehead atoms. The zero-order valence-corrected chi connectivity index (χ0v) is 11.6. The van der Waals surface area contributed by atoms with Crippen molar-refractivity contribution in [2.75, 3.05) is 18.5 Å². The highest BCUT2D eigenvalue weighted by Crippen LogP contribution is 2.35. The Bertz CT molecular complexity index is 496. The summed E-state index contributed by atoms with van der Waals surface area (Å²) in [6.07, 6.45) is 3.00. The number of thiazole rings is 1. The van der Waals surface area contributed by atoms with E-state index in [2.05, 4.69) is 23.3 Å². The lowest BCUT2D eigenvalue weighted by Gasteiger charge is -2.07. The Labute approximate surface area is 112 Å². The Hall–Kier alpha value is -1.55. The molecule has 18 heavy (non-hydrogen) atoms. The van der Waals surface area contributed by atoms with Gasteiger partial charge >= 0.3 is 0 Å². The van der Waals surface area contributed by atoms with Crippen LogP contribution in [0.15, 0.2) is 30.5 Å². The topological polar surface area (TPSA) is 34.2 Å². The smallest absolute Gasteiger partial charge is 0.183 e. The molecule has 1 heterocycles. The van der Waals surface area contributed by atoms with Gasteiger partial charge in [0.1, 0.15) is 5.75 Å². The minimum absolute atomic E-state index is 0.677. The monoisotopic (exact) mass is 262 g/mol. The van der Waals surface area contributed by atoms with Gasteiger partial charge in [0.25, 0.3) is 0 Å². The van der Waals surface area contributed by atoms with Crippen LogP contribution in [0.5, 0.6) is 5.75 Å². The minimum Gasteiger partial charge on any atom is -0.493 e. The highest BCUT2D eigenvalue weighted by Gasteiger charge is 2.09. The molecule has 2 rings (SSSR count). The SMILES string of the molecule is CCCNc1ncc(-c2ccccc2OCC)s1. The third-order valence-corrected chi connectivity index (χ3v) is 3.47. The molecule has 0 atom stereocenters. The van der Waals surface area contributed by atoms with E-state index in [-0.39, 0.29) is 0 Å². The molecule has 3 nitrogen and oxygen atoms in total. The van der Waals surface area contributed by atoms with Gasteiger partial charge in [-0.2, -0.15) is 0 Å². The first-order valence-corrected chi connectivity index (χ1v) is 7.08. The van der Waals surface area contributed by atoms with Crippen LogP contribution in [0, 0.1) is 0 Å². The van der Waals surface area contributed by atoms with Crippen LogP contribution < -0.4 is 10.1 Å². The number of anilines is 1. The Morgan fingerprint density at radius 3 is 2.89 bits per heavy atom. The molecular formula is C14H18N2OS. The van der Waals surface area contributed by atoms with Crippen molar-refractivity contribution in [1.29, 1.82) is 0 Å². The Kier molecular flexibility index (Phi) is 4.59. The summed E-state index contributed by atoms with van der Waals surface area (Å²) in [5.74, 6) is 0.922. The first-order valence-electron chi connectivity index (χ1n) is 6.27. The second kappa shape index (κ2) is 6.40. The maximum Gasteiger partial charge on any atom is 0.183 e. The van der Waals surface area contributed by atoms with Gasteiger partial charge in [0, 0.05) is 18.3 Å². The number of ether oxygens (including phenoxy) is 1. The number of benzene rings is 1. The molecular weight excluding hydrogens is 244 g/mol. The fourth-order valence-corrected chi connectivity index (χ4v) is 2.54. The standard InChI is InChI=1S/C14H18N2OS/c1-3-9-15-14-16-10-13(18-14)11-7-5-6-8-12(11)17-4-2/h5-8,10H,3-4,9H2,1-2H3,(H,15,16). The van der Waals surface area contributed by atoms with E-state index in [0.717, 1.165) is 34.3 Å². The molecule has 0 unspecified atom stereocenters. The fraction of sp³-hybridized carbons (Fsp3) is 0.357. The van der Waals surface area contributed by atoms with Crippen molar-refractivity contribution >= 4 is 16.5 Å². The molecule has 4 heteroatoms. The molecule has 0 spiro atoms. The van der Waals surface area contributed by atoms with Crippen molar-refractivity contribution in [1.82, 2.24) is 4.98 Å². The van der Waals surface area contributed by atoms with Crippen LogP contribution in [-0.2, 0) is 0 Å². The molecule has 0 fully saturated rings. The minimum atomic E-state index is 0.677. The molecule has 1 aromatic heterocycles. The summed E-state index contributed by atoms with van der Waals surface area (Å²) in [6.45, 7) is 5.78. The number of nitrogens with zero attached hydrogens (tertiary/aromatic N) is 1. The predicted molar refractivity (Wildman–Crippen MR) is 77.5 cm³/mol. The lowest BCUT2D eigenvalue weighted by molar-refractivity contribution is 0.341. The van der Waals surface area contributed by atoms with Crippen molar-refractivity contribution in [3.8, 4) is 16.2 Å². The van der Waals surface area contributed by atoms with Crippen LogP contribution in [0.1, 0.15) is 20.3 Å². The fourth-order valence-electron chi connectivity index (χ4n) is 1.66. The highest BCUT2D eigenvalue weighted by atomic mass is 32.1. The third kappa shape index (κ3) is 3.01. The summed E-state index contributed by atoms with van der Waals surface area (Å²) in [5, 5.41) is 4.27. The maximum atomic E-state index is 5.64. The average Bonchev–Trinajstić information content (AvgIpc) is 2.86. The highest BCUT2D eigenvalue weighted by molar-refractivity contribution is 7.18. The molecule has 2 aromatic rings. The normalized spacial score (nSPS) is 10.3. The number of hydrogen-bond acceptors (Lipinski definition) is 4. The van der Waals surface area contributed by atoms with Crippen molar-refractivity contribution in [3.63, 3.8) is 0 Å². The summed E-state index contributed by atoms with van der Waals surface area (Å²) in [6, 6.07) is 8.09. The van der Waals surface area contributed by atoms with E-state index in [1.54, 1.807) is 11.3 Å². The van der Waals surface area contributed by atoms with Crippen LogP contribution in [0.2, 0.25) is 0 Å². The second-order valence-electron chi connectivity index (χ2n) is 3.89. The van der Waals surface area contributed by atoms with Crippen LogP contribution in [0.3, 0.4) is 0 Å². The van der Waals surface area contributed by atoms with E-state index < -0.39 is 0 Å². The van der Waals surface area contributed by atoms with Gasteiger partial charge in [-0.1, -0.05) is 30.4 Å². The number of aromatic nitrogens is 1. The first kappa shape index (κ1) is 12.9. The molecule has 0 aliphatic rings. The van der Waals surface area contributed by atoms with Crippen molar-refractivity contribution in [2.45, 2.75) is 20.3 Å². The largest absolute Gasteiger partial charge is 0.493 e. The Balaban J connectivity index is 2.22. The molecule has 0 radical (unpaired) electrons. The van der Waals surface area contributed by atoms with E-state index >= 15 is 0 Å².